The molecule has 1 aliphatic carbocycles. The van der Waals surface area contributed by atoms with Crippen LogP contribution < -0.4 is 14.8 Å². The Hall–Kier alpha value is -2.95. The van der Waals surface area contributed by atoms with Crippen LogP contribution in [0, 0.1) is 5.92 Å². The molecule has 2 heterocycles. The molecule has 202 valence electrons. The van der Waals surface area contributed by atoms with Gasteiger partial charge in [-0.3, -0.25) is 14.6 Å². The topological polar surface area (TPSA) is 89.1 Å². The molecule has 0 spiro atoms. The van der Waals surface area contributed by atoms with Gasteiger partial charge in [0, 0.05) is 54.3 Å². The van der Waals surface area contributed by atoms with Crippen molar-refractivity contribution in [3.05, 3.63) is 47.2 Å². The van der Waals surface area contributed by atoms with Crippen molar-refractivity contribution >= 4 is 44.3 Å². The second-order valence-electron chi connectivity index (χ2n) is 9.70. The largest absolute Gasteiger partial charge is 0.489 e. The lowest BCUT2D eigenvalue weighted by molar-refractivity contribution is -0.144. The summed E-state index contributed by atoms with van der Waals surface area (Å²) in [5, 5.41) is 4.28. The second-order valence-corrected chi connectivity index (χ2v) is 10.6. The van der Waals surface area contributed by atoms with E-state index in [1.54, 1.807) is 6.33 Å². The Balaban J connectivity index is 1.24. The highest BCUT2D eigenvalue weighted by atomic mass is 79.9. The minimum Gasteiger partial charge on any atom is -0.489 e. The van der Waals surface area contributed by atoms with Crippen LogP contribution in [0.25, 0.3) is 10.9 Å². The number of nitrogens with zero attached hydrogens (tertiary/aromatic N) is 4. The first-order valence-electron chi connectivity index (χ1n) is 13.2. The van der Waals surface area contributed by atoms with Crippen LogP contribution in [0.15, 0.2) is 47.2 Å². The van der Waals surface area contributed by atoms with Crippen LogP contribution in [0.4, 0.5) is 11.5 Å². The van der Waals surface area contributed by atoms with E-state index >= 15 is 0 Å². The summed E-state index contributed by atoms with van der Waals surface area (Å²) < 4.78 is 18.5. The fourth-order valence-corrected chi connectivity index (χ4v) is 4.83. The number of piperazine rings is 1. The van der Waals surface area contributed by atoms with Gasteiger partial charge in [-0.15, -0.1) is 0 Å². The summed E-state index contributed by atoms with van der Waals surface area (Å²) in [7, 11) is 0. The SMILES string of the molecule is CCOC(=O)CN1CCN(CCOc2cc3ncnc(Nc4cccc(Br)c4)c3cc2OCC2CC2)CC1. The lowest BCUT2D eigenvalue weighted by atomic mass is 10.2. The number of fused-ring (bicyclic) bond motifs is 1. The summed E-state index contributed by atoms with van der Waals surface area (Å²) in [4.78, 5) is 25.2. The first kappa shape index (κ1) is 26.6. The van der Waals surface area contributed by atoms with Gasteiger partial charge in [0.25, 0.3) is 0 Å². The van der Waals surface area contributed by atoms with Crippen molar-refractivity contribution in [1.29, 1.82) is 0 Å². The van der Waals surface area contributed by atoms with Crippen LogP contribution in [0.2, 0.25) is 0 Å². The maximum Gasteiger partial charge on any atom is 0.320 e. The van der Waals surface area contributed by atoms with Gasteiger partial charge in [-0.25, -0.2) is 9.97 Å². The highest BCUT2D eigenvalue weighted by molar-refractivity contribution is 9.10. The molecule has 2 aliphatic rings. The third-order valence-corrected chi connectivity index (χ3v) is 7.24. The molecular weight excluding hydrogens is 550 g/mol. The van der Waals surface area contributed by atoms with Gasteiger partial charge < -0.3 is 19.5 Å². The Morgan fingerprint density at radius 2 is 1.84 bits per heavy atom. The molecule has 2 fully saturated rings. The van der Waals surface area contributed by atoms with Crippen LogP contribution >= 0.6 is 15.9 Å². The first-order valence-corrected chi connectivity index (χ1v) is 14.0. The zero-order valence-electron chi connectivity index (χ0n) is 21.7. The first-order chi connectivity index (χ1) is 18.6. The fraction of sp³-hybridized carbons (Fsp3) is 0.464. The van der Waals surface area contributed by atoms with Gasteiger partial charge in [0.05, 0.1) is 25.3 Å². The Bertz CT molecular complexity index is 1250. The Kier molecular flexibility index (Phi) is 8.93. The monoisotopic (exact) mass is 583 g/mol. The standard InChI is InChI=1S/C28H34BrN5O4/c1-2-36-27(35)17-34-10-8-33(9-11-34)12-13-37-26-16-24-23(15-25(26)38-18-20-6-7-20)28(31-19-30-24)32-22-5-3-4-21(29)14-22/h3-5,14-16,19-20H,2,6-13,17-18H2,1H3,(H,30,31,32). The number of rotatable bonds is 12. The van der Waals surface area contributed by atoms with E-state index in [4.69, 9.17) is 14.2 Å². The van der Waals surface area contributed by atoms with Gasteiger partial charge in [-0.05, 0) is 49.9 Å². The van der Waals surface area contributed by atoms with E-state index in [0.29, 0.717) is 38.0 Å². The highest BCUT2D eigenvalue weighted by Crippen LogP contribution is 2.37. The summed E-state index contributed by atoms with van der Waals surface area (Å²) in [6.45, 7) is 8.11. The Labute approximate surface area is 231 Å². The molecule has 1 aromatic heterocycles. The molecule has 0 unspecified atom stereocenters. The van der Waals surface area contributed by atoms with E-state index in [1.165, 1.54) is 12.8 Å². The molecule has 1 aliphatic heterocycles. The molecule has 38 heavy (non-hydrogen) atoms. The summed E-state index contributed by atoms with van der Waals surface area (Å²) in [6, 6.07) is 11.9. The smallest absolute Gasteiger partial charge is 0.320 e. The normalized spacial score (nSPS) is 16.4. The number of esters is 1. The summed E-state index contributed by atoms with van der Waals surface area (Å²) in [5.41, 5.74) is 1.72. The number of aromatic nitrogens is 2. The number of nitrogens with one attached hydrogen (secondary N) is 1. The van der Waals surface area contributed by atoms with Gasteiger partial charge in [-0.1, -0.05) is 22.0 Å². The number of benzene rings is 2. The van der Waals surface area contributed by atoms with Crippen molar-refractivity contribution < 1.29 is 19.0 Å². The molecule has 2 aromatic carbocycles. The van der Waals surface area contributed by atoms with Crippen molar-refractivity contribution in [2.75, 3.05) is 64.4 Å². The average Bonchev–Trinajstić information content (AvgIpc) is 3.73. The lowest BCUT2D eigenvalue weighted by Crippen LogP contribution is -2.49. The van der Waals surface area contributed by atoms with Crippen molar-refractivity contribution in [2.24, 2.45) is 5.92 Å². The zero-order valence-corrected chi connectivity index (χ0v) is 23.3. The van der Waals surface area contributed by atoms with Gasteiger partial charge in [-0.2, -0.15) is 0 Å². The molecule has 1 saturated carbocycles. The van der Waals surface area contributed by atoms with E-state index in [0.717, 1.165) is 65.4 Å². The zero-order chi connectivity index (χ0) is 26.3. The van der Waals surface area contributed by atoms with Crippen LogP contribution in [0.1, 0.15) is 19.8 Å². The maximum atomic E-state index is 11.7. The molecule has 5 rings (SSSR count). The summed E-state index contributed by atoms with van der Waals surface area (Å²) >= 11 is 3.52. The number of hydrogen-bond donors (Lipinski definition) is 1. The predicted molar refractivity (Wildman–Crippen MR) is 150 cm³/mol. The fourth-order valence-electron chi connectivity index (χ4n) is 4.43. The molecule has 1 N–H and O–H groups in total. The third-order valence-electron chi connectivity index (χ3n) is 6.75. The third kappa shape index (κ3) is 7.33. The molecule has 9 nitrogen and oxygen atoms in total. The Morgan fingerprint density at radius 3 is 2.61 bits per heavy atom. The summed E-state index contributed by atoms with van der Waals surface area (Å²) in [6.07, 6.45) is 3.99. The number of halogens is 1. The molecule has 0 radical (unpaired) electrons. The highest BCUT2D eigenvalue weighted by Gasteiger charge is 2.24. The van der Waals surface area contributed by atoms with E-state index in [9.17, 15) is 4.79 Å². The number of carbonyl (C=O) groups is 1. The molecule has 1 saturated heterocycles. The number of carbonyl (C=O) groups excluding carboxylic acids is 1. The van der Waals surface area contributed by atoms with Gasteiger partial charge in [0.2, 0.25) is 0 Å². The molecule has 10 heteroatoms. The minimum absolute atomic E-state index is 0.155. The number of hydrogen-bond acceptors (Lipinski definition) is 9. The van der Waals surface area contributed by atoms with E-state index in [-0.39, 0.29) is 5.97 Å². The van der Waals surface area contributed by atoms with Crippen LogP contribution in [0.3, 0.4) is 0 Å². The lowest BCUT2D eigenvalue weighted by Gasteiger charge is -2.33. The summed E-state index contributed by atoms with van der Waals surface area (Å²) in [5.74, 6) is 2.60. The van der Waals surface area contributed by atoms with E-state index in [1.807, 2.05) is 43.3 Å². The van der Waals surface area contributed by atoms with E-state index < -0.39 is 0 Å². The van der Waals surface area contributed by atoms with Crippen LogP contribution in [0.5, 0.6) is 11.5 Å². The van der Waals surface area contributed by atoms with Crippen molar-refractivity contribution in [1.82, 2.24) is 19.8 Å². The van der Waals surface area contributed by atoms with Crippen LogP contribution in [-0.2, 0) is 9.53 Å². The maximum absolute atomic E-state index is 11.7. The predicted octanol–water partition coefficient (Wildman–Crippen LogP) is 4.48. The minimum atomic E-state index is -0.155. The van der Waals surface area contributed by atoms with Gasteiger partial charge >= 0.3 is 5.97 Å². The second kappa shape index (κ2) is 12.7. The molecular formula is C28H34BrN5O4. The quantitative estimate of drug-likeness (QED) is 0.310. The number of ether oxygens (including phenoxy) is 3. The Morgan fingerprint density at radius 1 is 1.05 bits per heavy atom. The number of anilines is 2. The van der Waals surface area contributed by atoms with Crippen molar-refractivity contribution in [3.8, 4) is 11.5 Å². The molecule has 3 aromatic rings. The average molecular weight is 585 g/mol. The van der Waals surface area contributed by atoms with E-state index in [2.05, 4.69) is 41.0 Å². The van der Waals surface area contributed by atoms with Gasteiger partial charge in [0.15, 0.2) is 11.5 Å². The van der Waals surface area contributed by atoms with Crippen LogP contribution in [-0.4, -0.2) is 84.8 Å². The van der Waals surface area contributed by atoms with Crippen molar-refractivity contribution in [2.45, 2.75) is 19.8 Å². The van der Waals surface area contributed by atoms with Crippen molar-refractivity contribution in [3.63, 3.8) is 0 Å². The molecule has 0 amide bonds. The molecule has 0 atom stereocenters. The molecule has 0 bridgehead atoms. The van der Waals surface area contributed by atoms with Gasteiger partial charge in [0.1, 0.15) is 18.8 Å².